The van der Waals surface area contributed by atoms with E-state index in [4.69, 9.17) is 5.11 Å². The molecule has 88 valence electrons. The molecule has 0 aliphatic heterocycles. The van der Waals surface area contributed by atoms with Crippen LogP contribution >= 0.6 is 11.8 Å². The predicted molar refractivity (Wildman–Crippen MR) is 68.2 cm³/mol. The van der Waals surface area contributed by atoms with Gasteiger partial charge in [0.25, 0.3) is 0 Å². The largest absolute Gasteiger partial charge is 0.480 e. The molecule has 1 rings (SSSR count). The molecule has 0 heterocycles. The molecule has 0 saturated heterocycles. The lowest BCUT2D eigenvalue weighted by Crippen LogP contribution is -2.29. The molecule has 16 heavy (non-hydrogen) atoms. The van der Waals surface area contributed by atoms with Crippen LogP contribution in [0.1, 0.15) is 19.8 Å². The van der Waals surface area contributed by atoms with Crippen molar-refractivity contribution in [1.82, 2.24) is 0 Å². The average molecular weight is 239 g/mol. The lowest BCUT2D eigenvalue weighted by atomic mass is 10.1. The van der Waals surface area contributed by atoms with E-state index in [9.17, 15) is 4.79 Å². The highest BCUT2D eigenvalue weighted by Crippen LogP contribution is 2.25. The van der Waals surface area contributed by atoms with Crippen LogP contribution in [-0.2, 0) is 4.79 Å². The fraction of sp³-hybridized carbons (Fsp3) is 0.417. The van der Waals surface area contributed by atoms with Crippen molar-refractivity contribution in [2.24, 2.45) is 0 Å². The second kappa shape index (κ2) is 6.43. The van der Waals surface area contributed by atoms with Gasteiger partial charge < -0.3 is 10.4 Å². The molecule has 0 bridgehead atoms. The van der Waals surface area contributed by atoms with Gasteiger partial charge in [-0.25, -0.2) is 4.79 Å². The lowest BCUT2D eigenvalue weighted by molar-refractivity contribution is -0.138. The molecule has 0 aromatic heterocycles. The van der Waals surface area contributed by atoms with Crippen LogP contribution in [-0.4, -0.2) is 23.4 Å². The van der Waals surface area contributed by atoms with Crippen molar-refractivity contribution < 1.29 is 9.90 Å². The molecule has 0 spiro atoms. The second-order valence-corrected chi connectivity index (χ2v) is 4.37. The van der Waals surface area contributed by atoms with Crippen LogP contribution in [0.5, 0.6) is 0 Å². The molecule has 0 radical (unpaired) electrons. The van der Waals surface area contributed by atoms with E-state index in [2.05, 4.69) is 5.32 Å². The summed E-state index contributed by atoms with van der Waals surface area (Å²) in [6, 6.07) is 7.26. The van der Waals surface area contributed by atoms with E-state index < -0.39 is 12.0 Å². The Bertz CT molecular complexity index is 355. The number of carboxylic acids is 1. The van der Waals surface area contributed by atoms with Crippen LogP contribution in [0.15, 0.2) is 29.2 Å². The number of carbonyl (C=O) groups is 1. The molecular formula is C12H17NO2S. The van der Waals surface area contributed by atoms with Crippen molar-refractivity contribution in [2.45, 2.75) is 30.7 Å². The third kappa shape index (κ3) is 3.45. The molecule has 0 saturated carbocycles. The van der Waals surface area contributed by atoms with E-state index in [1.165, 1.54) is 0 Å². The third-order valence-corrected chi connectivity index (χ3v) is 3.11. The average Bonchev–Trinajstić information content (AvgIpc) is 2.29. The van der Waals surface area contributed by atoms with Gasteiger partial charge in [-0.1, -0.05) is 25.5 Å². The number of para-hydroxylation sites is 1. The minimum atomic E-state index is -0.794. The molecule has 1 atom stereocenters. The molecular weight excluding hydrogens is 222 g/mol. The summed E-state index contributed by atoms with van der Waals surface area (Å²) in [7, 11) is 0. The summed E-state index contributed by atoms with van der Waals surface area (Å²) in [6.45, 7) is 1.98. The first-order valence-corrected chi connectivity index (χ1v) is 6.53. The summed E-state index contributed by atoms with van der Waals surface area (Å²) in [4.78, 5) is 12.1. The maximum absolute atomic E-state index is 11.0. The monoisotopic (exact) mass is 239 g/mol. The number of carboxylic acid groups (broad SMARTS) is 1. The summed E-state index contributed by atoms with van der Waals surface area (Å²) >= 11 is 1.61. The zero-order valence-corrected chi connectivity index (χ0v) is 10.4. The molecule has 0 amide bonds. The van der Waals surface area contributed by atoms with Crippen LogP contribution in [0.3, 0.4) is 0 Å². The number of anilines is 1. The lowest BCUT2D eigenvalue weighted by Gasteiger charge is -2.16. The van der Waals surface area contributed by atoms with Gasteiger partial charge in [-0.15, -0.1) is 11.8 Å². The Morgan fingerprint density at radius 3 is 2.75 bits per heavy atom. The van der Waals surface area contributed by atoms with Gasteiger partial charge in [0, 0.05) is 10.6 Å². The molecule has 1 aromatic carbocycles. The zero-order chi connectivity index (χ0) is 12.0. The molecule has 0 fully saturated rings. The maximum atomic E-state index is 11.0. The number of rotatable bonds is 6. The maximum Gasteiger partial charge on any atom is 0.326 e. The summed E-state index contributed by atoms with van der Waals surface area (Å²) in [5.74, 6) is -0.794. The van der Waals surface area contributed by atoms with Gasteiger partial charge in [0.15, 0.2) is 0 Å². The number of thioether (sulfide) groups is 1. The Hall–Kier alpha value is -1.16. The second-order valence-electron chi connectivity index (χ2n) is 3.52. The summed E-state index contributed by atoms with van der Waals surface area (Å²) < 4.78 is 0. The van der Waals surface area contributed by atoms with Gasteiger partial charge in [0.1, 0.15) is 6.04 Å². The fourth-order valence-corrected chi connectivity index (χ4v) is 2.06. The number of benzene rings is 1. The van der Waals surface area contributed by atoms with Gasteiger partial charge in [-0.3, -0.25) is 0 Å². The van der Waals surface area contributed by atoms with Crippen LogP contribution in [0.2, 0.25) is 0 Å². The Kier molecular flexibility index (Phi) is 5.19. The third-order valence-electron chi connectivity index (χ3n) is 2.31. The number of hydrogen-bond acceptors (Lipinski definition) is 3. The van der Waals surface area contributed by atoms with Crippen LogP contribution in [0.25, 0.3) is 0 Å². The first-order chi connectivity index (χ1) is 7.69. The zero-order valence-electron chi connectivity index (χ0n) is 9.56. The topological polar surface area (TPSA) is 49.3 Å². The number of hydrogen-bond donors (Lipinski definition) is 2. The SMILES string of the molecule is CCC[C@H](Nc1ccccc1SC)C(=O)O. The summed E-state index contributed by atoms with van der Waals surface area (Å²) in [5, 5.41) is 12.1. The van der Waals surface area contributed by atoms with E-state index in [-0.39, 0.29) is 0 Å². The Balaban J connectivity index is 2.80. The van der Waals surface area contributed by atoms with Crippen molar-refractivity contribution in [3.63, 3.8) is 0 Å². The highest BCUT2D eigenvalue weighted by Gasteiger charge is 2.16. The molecule has 2 N–H and O–H groups in total. The summed E-state index contributed by atoms with van der Waals surface area (Å²) in [5.41, 5.74) is 0.899. The quantitative estimate of drug-likeness (QED) is 0.749. The first-order valence-electron chi connectivity index (χ1n) is 5.31. The van der Waals surface area contributed by atoms with Crippen LogP contribution in [0, 0.1) is 0 Å². The van der Waals surface area contributed by atoms with Gasteiger partial charge in [-0.05, 0) is 24.8 Å². The highest BCUT2D eigenvalue weighted by molar-refractivity contribution is 7.98. The Labute approximate surface area is 100 Å². The normalized spacial score (nSPS) is 12.1. The first kappa shape index (κ1) is 12.9. The number of aliphatic carboxylic acids is 1. The fourth-order valence-electron chi connectivity index (χ4n) is 1.50. The van der Waals surface area contributed by atoms with E-state index >= 15 is 0 Å². The molecule has 3 nitrogen and oxygen atoms in total. The van der Waals surface area contributed by atoms with E-state index in [0.717, 1.165) is 17.0 Å². The van der Waals surface area contributed by atoms with Gasteiger partial charge >= 0.3 is 5.97 Å². The smallest absolute Gasteiger partial charge is 0.326 e. The Morgan fingerprint density at radius 1 is 1.50 bits per heavy atom. The van der Waals surface area contributed by atoms with Gasteiger partial charge in [0.05, 0.1) is 0 Å². The van der Waals surface area contributed by atoms with Crippen molar-refractivity contribution in [3.8, 4) is 0 Å². The van der Waals surface area contributed by atoms with Crippen LogP contribution in [0.4, 0.5) is 5.69 Å². The van der Waals surface area contributed by atoms with Crippen molar-refractivity contribution in [2.75, 3.05) is 11.6 Å². The standard InChI is InChI=1S/C12H17NO2S/c1-3-6-10(12(14)15)13-9-7-4-5-8-11(9)16-2/h4-5,7-8,10,13H,3,6H2,1-2H3,(H,14,15)/t10-/m0/s1. The summed E-state index contributed by atoms with van der Waals surface area (Å²) in [6.07, 6.45) is 3.47. The molecule has 0 aliphatic rings. The van der Waals surface area contributed by atoms with Crippen molar-refractivity contribution >= 4 is 23.4 Å². The van der Waals surface area contributed by atoms with Gasteiger partial charge in [0.2, 0.25) is 0 Å². The van der Waals surface area contributed by atoms with E-state index in [1.54, 1.807) is 11.8 Å². The molecule has 4 heteroatoms. The molecule has 0 aliphatic carbocycles. The van der Waals surface area contributed by atoms with Crippen molar-refractivity contribution in [1.29, 1.82) is 0 Å². The number of nitrogens with one attached hydrogen (secondary N) is 1. The van der Waals surface area contributed by atoms with Crippen molar-refractivity contribution in [3.05, 3.63) is 24.3 Å². The highest BCUT2D eigenvalue weighted by atomic mass is 32.2. The minimum Gasteiger partial charge on any atom is -0.480 e. The molecule has 0 unspecified atom stereocenters. The van der Waals surface area contributed by atoms with Crippen LogP contribution < -0.4 is 5.32 Å². The Morgan fingerprint density at radius 2 is 2.19 bits per heavy atom. The minimum absolute atomic E-state index is 0.502. The predicted octanol–water partition coefficient (Wildman–Crippen LogP) is 3.07. The molecule has 1 aromatic rings. The van der Waals surface area contributed by atoms with E-state index in [1.807, 2.05) is 37.4 Å². The van der Waals surface area contributed by atoms with Gasteiger partial charge in [-0.2, -0.15) is 0 Å². The van der Waals surface area contributed by atoms with E-state index in [0.29, 0.717) is 6.42 Å².